The van der Waals surface area contributed by atoms with E-state index in [0.29, 0.717) is 13.2 Å². The molecule has 1 N–H and O–H groups in total. The topological polar surface area (TPSA) is 50.8 Å². The number of carbonyl (C=O) groups is 1. The van der Waals surface area contributed by atoms with Gasteiger partial charge in [0.1, 0.15) is 0 Å². The van der Waals surface area contributed by atoms with Crippen LogP contribution in [-0.2, 0) is 6.54 Å². The standard InChI is InChI=1S/C22H30N2O3S/c1-17-6-3-11-24(15-17)16-18-8-9-19(20(14-18)26-2)27-12-5-10-23-22(25)21-7-4-13-28-21/h4,7-9,13-14,17H,3,5-6,10-12,15-16H2,1-2H3,(H,23,25)/t17-/m1/s1. The molecule has 0 saturated carbocycles. The Labute approximate surface area is 171 Å². The van der Waals surface area contributed by atoms with E-state index in [4.69, 9.17) is 9.47 Å². The van der Waals surface area contributed by atoms with Gasteiger partial charge in [0.2, 0.25) is 0 Å². The Kier molecular flexibility index (Phi) is 7.74. The van der Waals surface area contributed by atoms with E-state index in [0.717, 1.165) is 41.8 Å². The Morgan fingerprint density at radius 1 is 1.32 bits per heavy atom. The number of piperidine rings is 1. The van der Waals surface area contributed by atoms with Crippen molar-refractivity contribution < 1.29 is 14.3 Å². The maximum absolute atomic E-state index is 11.9. The molecule has 0 aliphatic carbocycles. The van der Waals surface area contributed by atoms with Crippen LogP contribution in [0.3, 0.4) is 0 Å². The van der Waals surface area contributed by atoms with E-state index in [2.05, 4.69) is 29.3 Å². The van der Waals surface area contributed by atoms with Gasteiger partial charge in [0.15, 0.2) is 11.5 Å². The zero-order chi connectivity index (χ0) is 19.8. The summed E-state index contributed by atoms with van der Waals surface area (Å²) in [6, 6.07) is 9.90. The van der Waals surface area contributed by atoms with Crippen LogP contribution in [-0.4, -0.2) is 44.2 Å². The number of hydrogen-bond donors (Lipinski definition) is 1. The Morgan fingerprint density at radius 2 is 2.21 bits per heavy atom. The number of benzene rings is 1. The van der Waals surface area contributed by atoms with Gasteiger partial charge in [-0.15, -0.1) is 11.3 Å². The molecule has 1 fully saturated rings. The maximum atomic E-state index is 11.9. The lowest BCUT2D eigenvalue weighted by molar-refractivity contribution is 0.0955. The fraction of sp³-hybridized carbons (Fsp3) is 0.500. The fourth-order valence-electron chi connectivity index (χ4n) is 3.57. The van der Waals surface area contributed by atoms with E-state index in [1.165, 1.54) is 36.3 Å². The molecule has 1 amide bonds. The van der Waals surface area contributed by atoms with Crippen LogP contribution in [0.1, 0.15) is 41.4 Å². The molecule has 1 saturated heterocycles. The first-order valence-corrected chi connectivity index (χ1v) is 10.9. The highest BCUT2D eigenvalue weighted by Gasteiger charge is 2.17. The number of carbonyl (C=O) groups excluding carboxylic acids is 1. The molecule has 5 nitrogen and oxygen atoms in total. The molecule has 0 bridgehead atoms. The minimum atomic E-state index is -0.0241. The molecule has 2 aromatic rings. The number of rotatable bonds is 9. The predicted molar refractivity (Wildman–Crippen MR) is 113 cm³/mol. The molecule has 1 aromatic heterocycles. The van der Waals surface area contributed by atoms with Gasteiger partial charge in [-0.05, 0) is 60.9 Å². The molecule has 28 heavy (non-hydrogen) atoms. The molecule has 1 aromatic carbocycles. The highest BCUT2D eigenvalue weighted by atomic mass is 32.1. The molecule has 3 rings (SSSR count). The van der Waals surface area contributed by atoms with Gasteiger partial charge in [-0.1, -0.05) is 19.1 Å². The van der Waals surface area contributed by atoms with Crippen molar-refractivity contribution in [1.82, 2.24) is 10.2 Å². The predicted octanol–water partition coefficient (Wildman–Crippen LogP) is 4.19. The molecule has 0 spiro atoms. The van der Waals surface area contributed by atoms with E-state index in [1.807, 2.05) is 23.6 Å². The van der Waals surface area contributed by atoms with Gasteiger partial charge in [0.25, 0.3) is 5.91 Å². The monoisotopic (exact) mass is 402 g/mol. The molecule has 0 unspecified atom stereocenters. The Hall–Kier alpha value is -2.05. The third-order valence-electron chi connectivity index (χ3n) is 4.98. The van der Waals surface area contributed by atoms with Crippen molar-refractivity contribution >= 4 is 17.2 Å². The zero-order valence-corrected chi connectivity index (χ0v) is 17.6. The second kappa shape index (κ2) is 10.5. The summed E-state index contributed by atoms with van der Waals surface area (Å²) in [6.45, 7) is 6.73. The molecule has 0 radical (unpaired) electrons. The lowest BCUT2D eigenvalue weighted by atomic mass is 10.00. The minimum absolute atomic E-state index is 0.0241. The lowest BCUT2D eigenvalue weighted by Crippen LogP contribution is -2.33. The molecular weight excluding hydrogens is 372 g/mol. The molecular formula is C22H30N2O3S. The Morgan fingerprint density at radius 3 is 2.96 bits per heavy atom. The summed E-state index contributed by atoms with van der Waals surface area (Å²) in [5, 5.41) is 4.82. The summed E-state index contributed by atoms with van der Waals surface area (Å²) in [7, 11) is 1.68. The van der Waals surface area contributed by atoms with Crippen molar-refractivity contribution in [3.63, 3.8) is 0 Å². The van der Waals surface area contributed by atoms with Crippen molar-refractivity contribution in [3.05, 3.63) is 46.2 Å². The quantitative estimate of drug-likeness (QED) is 0.639. The maximum Gasteiger partial charge on any atom is 0.261 e. The van der Waals surface area contributed by atoms with Crippen LogP contribution in [0.4, 0.5) is 0 Å². The first-order chi connectivity index (χ1) is 13.7. The van der Waals surface area contributed by atoms with Gasteiger partial charge >= 0.3 is 0 Å². The van der Waals surface area contributed by atoms with Crippen LogP contribution in [0.15, 0.2) is 35.7 Å². The number of ether oxygens (including phenoxy) is 2. The molecule has 152 valence electrons. The summed E-state index contributed by atoms with van der Waals surface area (Å²) in [4.78, 5) is 15.1. The van der Waals surface area contributed by atoms with E-state index >= 15 is 0 Å². The second-order valence-electron chi connectivity index (χ2n) is 7.40. The summed E-state index contributed by atoms with van der Waals surface area (Å²) in [6.07, 6.45) is 3.36. The highest BCUT2D eigenvalue weighted by molar-refractivity contribution is 7.12. The molecule has 1 atom stereocenters. The average molecular weight is 403 g/mol. The van der Waals surface area contributed by atoms with Gasteiger partial charge in [-0.3, -0.25) is 9.69 Å². The number of nitrogens with one attached hydrogen (secondary N) is 1. The molecule has 2 heterocycles. The molecule has 1 aliphatic rings. The van der Waals surface area contributed by atoms with Crippen LogP contribution in [0.25, 0.3) is 0 Å². The third-order valence-corrected chi connectivity index (χ3v) is 5.85. The normalized spacial score (nSPS) is 17.3. The largest absolute Gasteiger partial charge is 0.493 e. The Bertz CT molecular complexity index is 748. The highest BCUT2D eigenvalue weighted by Crippen LogP contribution is 2.29. The van der Waals surface area contributed by atoms with Gasteiger partial charge < -0.3 is 14.8 Å². The SMILES string of the molecule is COc1cc(CN2CCC[C@@H](C)C2)ccc1OCCCNC(=O)c1cccs1. The first-order valence-electron chi connectivity index (χ1n) is 9.99. The van der Waals surface area contributed by atoms with Gasteiger partial charge in [0.05, 0.1) is 18.6 Å². The Balaban J connectivity index is 1.44. The van der Waals surface area contributed by atoms with Crippen LogP contribution in [0.2, 0.25) is 0 Å². The van der Waals surface area contributed by atoms with Crippen molar-refractivity contribution in [2.45, 2.75) is 32.7 Å². The number of likely N-dealkylation sites (tertiary alicyclic amines) is 1. The molecule has 6 heteroatoms. The van der Waals surface area contributed by atoms with Gasteiger partial charge in [0, 0.05) is 19.6 Å². The van der Waals surface area contributed by atoms with E-state index in [9.17, 15) is 4.79 Å². The molecule has 1 aliphatic heterocycles. The van der Waals surface area contributed by atoms with Crippen molar-refractivity contribution in [3.8, 4) is 11.5 Å². The van der Waals surface area contributed by atoms with E-state index in [-0.39, 0.29) is 5.91 Å². The zero-order valence-electron chi connectivity index (χ0n) is 16.8. The summed E-state index contributed by atoms with van der Waals surface area (Å²) < 4.78 is 11.4. The van der Waals surface area contributed by atoms with Crippen molar-refractivity contribution in [2.24, 2.45) is 5.92 Å². The summed E-state index contributed by atoms with van der Waals surface area (Å²) in [5.74, 6) is 2.27. The van der Waals surface area contributed by atoms with Crippen LogP contribution < -0.4 is 14.8 Å². The lowest BCUT2D eigenvalue weighted by Gasteiger charge is -2.30. The second-order valence-corrected chi connectivity index (χ2v) is 8.35. The fourth-order valence-corrected chi connectivity index (χ4v) is 4.21. The third kappa shape index (κ3) is 5.97. The van der Waals surface area contributed by atoms with E-state index < -0.39 is 0 Å². The van der Waals surface area contributed by atoms with Crippen LogP contribution in [0.5, 0.6) is 11.5 Å². The number of thiophene rings is 1. The summed E-state index contributed by atoms with van der Waals surface area (Å²) in [5.41, 5.74) is 1.25. The minimum Gasteiger partial charge on any atom is -0.493 e. The van der Waals surface area contributed by atoms with E-state index in [1.54, 1.807) is 7.11 Å². The average Bonchev–Trinajstić information content (AvgIpc) is 3.23. The number of methoxy groups -OCH3 is 1. The number of nitrogens with zero attached hydrogens (tertiary/aromatic N) is 1. The number of hydrogen-bond acceptors (Lipinski definition) is 5. The number of amides is 1. The van der Waals surface area contributed by atoms with Crippen molar-refractivity contribution in [2.75, 3.05) is 33.4 Å². The van der Waals surface area contributed by atoms with Crippen LogP contribution in [0, 0.1) is 5.92 Å². The first kappa shape index (κ1) is 20.7. The smallest absolute Gasteiger partial charge is 0.261 e. The van der Waals surface area contributed by atoms with Crippen LogP contribution >= 0.6 is 11.3 Å². The van der Waals surface area contributed by atoms with Gasteiger partial charge in [-0.25, -0.2) is 0 Å². The van der Waals surface area contributed by atoms with Gasteiger partial charge in [-0.2, -0.15) is 0 Å². The van der Waals surface area contributed by atoms with Crippen molar-refractivity contribution in [1.29, 1.82) is 0 Å². The summed E-state index contributed by atoms with van der Waals surface area (Å²) >= 11 is 1.45.